The summed E-state index contributed by atoms with van der Waals surface area (Å²) in [5.41, 5.74) is 4.36. The van der Waals surface area contributed by atoms with E-state index in [1.165, 1.54) is 11.1 Å². The molecule has 1 aliphatic rings. The Labute approximate surface area is 130 Å². The van der Waals surface area contributed by atoms with Crippen LogP contribution in [0.2, 0.25) is 0 Å². The van der Waals surface area contributed by atoms with Gasteiger partial charge in [-0.25, -0.2) is 0 Å². The van der Waals surface area contributed by atoms with Gasteiger partial charge in [0, 0.05) is 19.6 Å². The predicted molar refractivity (Wildman–Crippen MR) is 85.8 cm³/mol. The summed E-state index contributed by atoms with van der Waals surface area (Å²) in [4.78, 5) is 12.3. The third kappa shape index (κ3) is 3.12. The molecule has 0 radical (unpaired) electrons. The molecule has 22 heavy (non-hydrogen) atoms. The fraction of sp³-hybridized carbons (Fsp3) is 0.278. The van der Waals surface area contributed by atoms with E-state index in [0.717, 1.165) is 18.7 Å². The zero-order valence-electron chi connectivity index (χ0n) is 12.7. The first kappa shape index (κ1) is 14.6. The summed E-state index contributed by atoms with van der Waals surface area (Å²) in [6.45, 7) is 4.82. The highest BCUT2D eigenvalue weighted by Crippen LogP contribution is 2.19. The van der Waals surface area contributed by atoms with Crippen molar-refractivity contribution in [2.45, 2.75) is 26.6 Å². The summed E-state index contributed by atoms with van der Waals surface area (Å²) in [6, 6.07) is 13.7. The number of fused-ring (bicyclic) bond motifs is 1. The molecule has 4 heteroatoms. The van der Waals surface area contributed by atoms with Gasteiger partial charge in [0.25, 0.3) is 5.91 Å². The topological polar surface area (TPSA) is 50.4 Å². The molecule has 0 unspecified atom stereocenters. The highest BCUT2D eigenvalue weighted by molar-refractivity contribution is 5.96. The Morgan fingerprint density at radius 2 is 2.00 bits per heavy atom. The normalized spacial score (nSPS) is 12.8. The van der Waals surface area contributed by atoms with Gasteiger partial charge >= 0.3 is 0 Å². The second-order valence-electron chi connectivity index (χ2n) is 5.32. The molecular weight excluding hydrogens is 276 g/mol. The Morgan fingerprint density at radius 1 is 1.18 bits per heavy atom. The summed E-state index contributed by atoms with van der Waals surface area (Å²) in [6.07, 6.45) is 0. The van der Waals surface area contributed by atoms with E-state index in [4.69, 9.17) is 4.74 Å². The van der Waals surface area contributed by atoms with Crippen molar-refractivity contribution in [2.24, 2.45) is 0 Å². The van der Waals surface area contributed by atoms with Crippen molar-refractivity contribution in [3.8, 4) is 5.75 Å². The van der Waals surface area contributed by atoms with Crippen molar-refractivity contribution in [1.82, 2.24) is 10.6 Å². The summed E-state index contributed by atoms with van der Waals surface area (Å²) in [5, 5.41) is 6.29. The van der Waals surface area contributed by atoms with Crippen molar-refractivity contribution < 1.29 is 9.53 Å². The average Bonchev–Trinajstić information content (AvgIpc) is 3.01. The van der Waals surface area contributed by atoms with Crippen LogP contribution in [0.4, 0.5) is 0 Å². The minimum Gasteiger partial charge on any atom is -0.493 e. The monoisotopic (exact) mass is 296 g/mol. The van der Waals surface area contributed by atoms with Gasteiger partial charge in [0.05, 0.1) is 12.2 Å². The molecule has 4 nitrogen and oxygen atoms in total. The first-order chi connectivity index (χ1) is 10.8. The summed E-state index contributed by atoms with van der Waals surface area (Å²) in [5.74, 6) is 0.517. The minimum atomic E-state index is -0.109. The first-order valence-electron chi connectivity index (χ1n) is 7.59. The molecule has 1 amide bonds. The number of ether oxygens (including phenoxy) is 1. The molecule has 0 aromatic heterocycles. The summed E-state index contributed by atoms with van der Waals surface area (Å²) < 4.78 is 5.50. The van der Waals surface area contributed by atoms with Crippen LogP contribution in [0.25, 0.3) is 0 Å². The first-order valence-corrected chi connectivity index (χ1v) is 7.59. The van der Waals surface area contributed by atoms with Gasteiger partial charge in [-0.15, -0.1) is 0 Å². The van der Waals surface area contributed by atoms with Gasteiger partial charge in [0.1, 0.15) is 5.75 Å². The molecule has 0 saturated carbocycles. The van der Waals surface area contributed by atoms with Gasteiger partial charge in [0.15, 0.2) is 0 Å². The number of hydrogen-bond donors (Lipinski definition) is 2. The van der Waals surface area contributed by atoms with Gasteiger partial charge < -0.3 is 15.4 Å². The van der Waals surface area contributed by atoms with Crippen LogP contribution >= 0.6 is 0 Å². The van der Waals surface area contributed by atoms with Crippen molar-refractivity contribution in [1.29, 1.82) is 0 Å². The van der Waals surface area contributed by atoms with Gasteiger partial charge in [-0.2, -0.15) is 0 Å². The molecule has 3 rings (SSSR count). The fourth-order valence-corrected chi connectivity index (χ4v) is 2.67. The van der Waals surface area contributed by atoms with E-state index in [1.807, 2.05) is 25.1 Å². The van der Waals surface area contributed by atoms with Crippen molar-refractivity contribution in [3.05, 3.63) is 64.7 Å². The van der Waals surface area contributed by atoms with E-state index in [2.05, 4.69) is 28.8 Å². The third-order valence-electron chi connectivity index (χ3n) is 3.79. The Hall–Kier alpha value is -2.33. The molecule has 1 heterocycles. The van der Waals surface area contributed by atoms with Crippen LogP contribution in [0, 0.1) is 0 Å². The molecule has 0 fully saturated rings. The SMILES string of the molecule is CCOc1ccccc1C(=O)NCc1ccc2c(c1)CNC2. The number of carbonyl (C=O) groups is 1. The highest BCUT2D eigenvalue weighted by atomic mass is 16.5. The fourth-order valence-electron chi connectivity index (χ4n) is 2.67. The molecular formula is C18H20N2O2. The van der Waals surface area contributed by atoms with E-state index < -0.39 is 0 Å². The maximum Gasteiger partial charge on any atom is 0.255 e. The average molecular weight is 296 g/mol. The van der Waals surface area contributed by atoms with E-state index >= 15 is 0 Å². The second kappa shape index (κ2) is 6.62. The zero-order chi connectivity index (χ0) is 15.4. The smallest absolute Gasteiger partial charge is 0.255 e. The number of carbonyl (C=O) groups excluding carboxylic acids is 1. The third-order valence-corrected chi connectivity index (χ3v) is 3.79. The van der Waals surface area contributed by atoms with Crippen LogP contribution in [0.3, 0.4) is 0 Å². The summed E-state index contributed by atoms with van der Waals surface area (Å²) >= 11 is 0. The number of nitrogens with one attached hydrogen (secondary N) is 2. The predicted octanol–water partition coefficient (Wildman–Crippen LogP) is 2.62. The number of para-hydroxylation sites is 1. The quantitative estimate of drug-likeness (QED) is 0.892. The van der Waals surface area contributed by atoms with Gasteiger partial charge in [-0.05, 0) is 35.7 Å². The lowest BCUT2D eigenvalue weighted by Gasteiger charge is -2.11. The van der Waals surface area contributed by atoms with Crippen LogP contribution < -0.4 is 15.4 Å². The maximum absolute atomic E-state index is 12.3. The molecule has 0 aliphatic carbocycles. The molecule has 114 valence electrons. The Morgan fingerprint density at radius 3 is 2.86 bits per heavy atom. The van der Waals surface area contributed by atoms with Crippen LogP contribution in [0.15, 0.2) is 42.5 Å². The Kier molecular flexibility index (Phi) is 4.39. The summed E-state index contributed by atoms with van der Waals surface area (Å²) in [7, 11) is 0. The number of hydrogen-bond acceptors (Lipinski definition) is 3. The largest absolute Gasteiger partial charge is 0.493 e. The van der Waals surface area contributed by atoms with E-state index in [1.54, 1.807) is 6.07 Å². The number of rotatable bonds is 5. The molecule has 0 saturated heterocycles. The van der Waals surface area contributed by atoms with Crippen LogP contribution in [0.1, 0.15) is 34.0 Å². The van der Waals surface area contributed by atoms with Crippen LogP contribution in [-0.2, 0) is 19.6 Å². The molecule has 2 aromatic rings. The van der Waals surface area contributed by atoms with Gasteiger partial charge in [-0.1, -0.05) is 30.3 Å². The maximum atomic E-state index is 12.3. The number of amides is 1. The highest BCUT2D eigenvalue weighted by Gasteiger charge is 2.13. The van der Waals surface area contributed by atoms with Crippen molar-refractivity contribution >= 4 is 5.91 Å². The van der Waals surface area contributed by atoms with Crippen LogP contribution in [-0.4, -0.2) is 12.5 Å². The molecule has 2 N–H and O–H groups in total. The lowest BCUT2D eigenvalue weighted by molar-refractivity contribution is 0.0947. The van der Waals surface area contributed by atoms with Crippen molar-refractivity contribution in [3.63, 3.8) is 0 Å². The molecule has 0 bridgehead atoms. The molecule has 0 atom stereocenters. The Balaban J connectivity index is 1.67. The zero-order valence-corrected chi connectivity index (χ0v) is 12.7. The van der Waals surface area contributed by atoms with E-state index in [-0.39, 0.29) is 5.91 Å². The lowest BCUT2D eigenvalue weighted by Crippen LogP contribution is -2.23. The van der Waals surface area contributed by atoms with Gasteiger partial charge in [-0.3, -0.25) is 4.79 Å². The number of benzene rings is 2. The van der Waals surface area contributed by atoms with Crippen molar-refractivity contribution in [2.75, 3.05) is 6.61 Å². The van der Waals surface area contributed by atoms with E-state index in [0.29, 0.717) is 24.5 Å². The van der Waals surface area contributed by atoms with Gasteiger partial charge in [0.2, 0.25) is 0 Å². The minimum absolute atomic E-state index is 0.109. The lowest BCUT2D eigenvalue weighted by atomic mass is 10.1. The standard InChI is InChI=1S/C18H20N2O2/c1-2-22-17-6-4-3-5-16(17)18(21)20-10-13-7-8-14-11-19-12-15(14)9-13/h3-9,19H,2,10-12H2,1H3,(H,20,21). The van der Waals surface area contributed by atoms with Crippen LogP contribution in [0.5, 0.6) is 5.75 Å². The molecule has 0 spiro atoms. The van der Waals surface area contributed by atoms with E-state index in [9.17, 15) is 4.79 Å². The Bertz CT molecular complexity index is 683. The molecule has 1 aliphatic heterocycles. The second-order valence-corrected chi connectivity index (χ2v) is 5.32. The molecule has 2 aromatic carbocycles.